The van der Waals surface area contributed by atoms with Gasteiger partial charge in [0.1, 0.15) is 3.67 Å². The monoisotopic (exact) mass is 270 g/mol. The number of alkyl halides is 1. The van der Waals surface area contributed by atoms with Gasteiger partial charge in [-0.05, 0) is 43.7 Å². The molecule has 0 rings (SSSR count). The smallest absolute Gasteiger partial charge is 0.129 e. The van der Waals surface area contributed by atoms with Crippen molar-refractivity contribution < 1.29 is 0 Å². The number of nitrogens with one attached hydrogen (secondary N) is 1. The van der Waals surface area contributed by atoms with Crippen molar-refractivity contribution in [3.63, 3.8) is 0 Å². The summed E-state index contributed by atoms with van der Waals surface area (Å²) in [6, 6.07) is 0. The van der Waals surface area contributed by atoms with E-state index in [0.717, 1.165) is 0 Å². The summed E-state index contributed by atoms with van der Waals surface area (Å²) in [6.45, 7) is 6.70. The van der Waals surface area contributed by atoms with E-state index in [9.17, 15) is 0 Å². The van der Waals surface area contributed by atoms with Gasteiger partial charge < -0.3 is 0 Å². The van der Waals surface area contributed by atoms with Crippen LogP contribution in [0.3, 0.4) is 0 Å². The summed E-state index contributed by atoms with van der Waals surface area (Å²) >= 11 is 2.45. The maximum Gasteiger partial charge on any atom is 0.129 e. The van der Waals surface area contributed by atoms with E-state index in [0.29, 0.717) is 0 Å². The second-order valence-electron chi connectivity index (χ2n) is 4.02. The Kier molecular flexibility index (Phi) is 3.79. The molecular formula is C8H19IN2. The summed E-state index contributed by atoms with van der Waals surface area (Å²) in [5.41, 5.74) is 0.228. The molecule has 0 radical (unpaired) electrons. The first-order valence-corrected chi connectivity index (χ1v) is 4.89. The molecule has 0 saturated carbocycles. The van der Waals surface area contributed by atoms with Crippen molar-refractivity contribution in [1.82, 2.24) is 10.2 Å². The predicted molar refractivity (Wildman–Crippen MR) is 59.0 cm³/mol. The third-order valence-electron chi connectivity index (χ3n) is 1.94. The molecule has 1 atom stereocenters. The Hall–Kier alpha value is 0.650. The molecule has 0 bridgehead atoms. The minimum atomic E-state index is 0.0325. The predicted octanol–water partition coefficient (Wildman–Crippen LogP) is 1.90. The Morgan fingerprint density at radius 1 is 1.18 bits per heavy atom. The van der Waals surface area contributed by atoms with Gasteiger partial charge in [-0.15, -0.1) is 0 Å². The Bertz CT molecular complexity index is 129. The normalized spacial score (nSPS) is 18.5. The molecule has 0 saturated heterocycles. The number of hydrogen-bond donors (Lipinski definition) is 1. The lowest BCUT2D eigenvalue weighted by atomic mass is 9.91. The fourth-order valence-electron chi connectivity index (χ4n) is 1.27. The second-order valence-corrected chi connectivity index (χ2v) is 5.58. The zero-order valence-corrected chi connectivity index (χ0v) is 10.5. The zero-order chi connectivity index (χ0) is 9.28. The summed E-state index contributed by atoms with van der Waals surface area (Å²) in [6.07, 6.45) is 0. The number of nitrogens with zero attached hydrogens (tertiary/aromatic N) is 1. The Morgan fingerprint density at radius 3 is 1.55 bits per heavy atom. The maximum absolute atomic E-state index is 3.33. The highest BCUT2D eigenvalue weighted by atomic mass is 127. The lowest BCUT2D eigenvalue weighted by molar-refractivity contribution is 0.109. The summed E-state index contributed by atoms with van der Waals surface area (Å²) in [5, 5.41) is 3.33. The molecule has 0 fully saturated rings. The zero-order valence-electron chi connectivity index (χ0n) is 8.33. The van der Waals surface area contributed by atoms with E-state index < -0.39 is 0 Å². The van der Waals surface area contributed by atoms with Gasteiger partial charge in [-0.25, -0.2) is 0 Å². The van der Waals surface area contributed by atoms with Crippen molar-refractivity contribution in [3.8, 4) is 0 Å². The van der Waals surface area contributed by atoms with Gasteiger partial charge in [0.2, 0.25) is 0 Å². The first-order valence-electron chi connectivity index (χ1n) is 3.81. The van der Waals surface area contributed by atoms with Crippen LogP contribution in [-0.4, -0.2) is 29.7 Å². The minimum absolute atomic E-state index is 0.0325. The lowest BCUT2D eigenvalue weighted by Gasteiger charge is -2.44. The molecule has 0 aliphatic heterocycles. The van der Waals surface area contributed by atoms with Crippen molar-refractivity contribution >= 4 is 22.6 Å². The van der Waals surface area contributed by atoms with Crippen LogP contribution in [0.2, 0.25) is 0 Å². The Balaban J connectivity index is 4.61. The van der Waals surface area contributed by atoms with E-state index >= 15 is 0 Å². The average molecular weight is 270 g/mol. The average Bonchev–Trinajstić information content (AvgIpc) is 1.83. The molecule has 0 aliphatic carbocycles. The Morgan fingerprint density at radius 2 is 1.55 bits per heavy atom. The lowest BCUT2D eigenvalue weighted by Crippen LogP contribution is -2.57. The third kappa shape index (κ3) is 2.29. The number of halogens is 1. The van der Waals surface area contributed by atoms with Crippen LogP contribution in [0.25, 0.3) is 0 Å². The fraction of sp³-hybridized carbons (Fsp3) is 1.00. The van der Waals surface area contributed by atoms with Gasteiger partial charge in [-0.2, -0.15) is 0 Å². The molecule has 0 heterocycles. The molecule has 1 N–H and O–H groups in total. The minimum Gasteiger partial charge on any atom is -0.293 e. The highest BCUT2D eigenvalue weighted by Crippen LogP contribution is 2.37. The highest BCUT2D eigenvalue weighted by Gasteiger charge is 2.39. The highest BCUT2D eigenvalue weighted by molar-refractivity contribution is 14.1. The Labute approximate surface area is 83.9 Å². The quantitative estimate of drug-likeness (QED) is 0.357. The first-order chi connectivity index (χ1) is 4.75. The third-order valence-corrected chi connectivity index (χ3v) is 5.06. The van der Waals surface area contributed by atoms with Crippen LogP contribution in [-0.2, 0) is 0 Å². The molecule has 68 valence electrons. The summed E-state index contributed by atoms with van der Waals surface area (Å²) in [4.78, 5) is 2.20. The van der Waals surface area contributed by atoms with Crippen molar-refractivity contribution in [1.29, 1.82) is 0 Å². The first kappa shape index (κ1) is 11.6. The molecular weight excluding hydrogens is 251 g/mol. The van der Waals surface area contributed by atoms with Crippen molar-refractivity contribution in [2.75, 3.05) is 21.1 Å². The van der Waals surface area contributed by atoms with Crippen LogP contribution in [0.4, 0.5) is 0 Å². The SMILES string of the molecule is CNC(I)(N(C)C)C(C)(C)C. The molecule has 2 nitrogen and oxygen atoms in total. The van der Waals surface area contributed by atoms with Gasteiger partial charge in [0, 0.05) is 5.41 Å². The molecule has 0 aromatic heterocycles. The second kappa shape index (κ2) is 3.58. The summed E-state index contributed by atoms with van der Waals surface area (Å²) < 4.78 is 0.0325. The van der Waals surface area contributed by atoms with Gasteiger partial charge in [0.05, 0.1) is 0 Å². The topological polar surface area (TPSA) is 15.3 Å². The maximum atomic E-state index is 3.33. The summed E-state index contributed by atoms with van der Waals surface area (Å²) in [5.74, 6) is 0. The van der Waals surface area contributed by atoms with Gasteiger partial charge in [-0.3, -0.25) is 10.2 Å². The molecule has 0 aromatic rings. The van der Waals surface area contributed by atoms with Crippen LogP contribution in [0.15, 0.2) is 0 Å². The molecule has 0 amide bonds. The van der Waals surface area contributed by atoms with Crippen LogP contribution in [0.5, 0.6) is 0 Å². The van der Waals surface area contributed by atoms with E-state index in [2.05, 4.69) is 67.7 Å². The standard InChI is InChI=1S/C8H19IN2/c1-7(2,3)8(9,10-4)11(5)6/h10H,1-6H3. The van der Waals surface area contributed by atoms with Gasteiger partial charge in [0.15, 0.2) is 0 Å². The van der Waals surface area contributed by atoms with E-state index in [4.69, 9.17) is 0 Å². The summed E-state index contributed by atoms with van der Waals surface area (Å²) in [7, 11) is 6.18. The van der Waals surface area contributed by atoms with Crippen molar-refractivity contribution in [3.05, 3.63) is 0 Å². The fourth-order valence-corrected chi connectivity index (χ4v) is 1.27. The molecule has 1 unspecified atom stereocenters. The van der Waals surface area contributed by atoms with Crippen LogP contribution < -0.4 is 5.32 Å². The van der Waals surface area contributed by atoms with Crippen LogP contribution >= 0.6 is 22.6 Å². The van der Waals surface area contributed by atoms with E-state index in [1.807, 2.05) is 7.05 Å². The van der Waals surface area contributed by atoms with E-state index in [-0.39, 0.29) is 9.08 Å². The van der Waals surface area contributed by atoms with Gasteiger partial charge in [-0.1, -0.05) is 20.8 Å². The molecule has 0 spiro atoms. The van der Waals surface area contributed by atoms with Crippen LogP contribution in [0.1, 0.15) is 20.8 Å². The van der Waals surface area contributed by atoms with Gasteiger partial charge in [0.25, 0.3) is 0 Å². The number of hydrogen-bond acceptors (Lipinski definition) is 2. The van der Waals surface area contributed by atoms with Crippen molar-refractivity contribution in [2.24, 2.45) is 5.41 Å². The van der Waals surface area contributed by atoms with Crippen LogP contribution in [0, 0.1) is 5.41 Å². The largest absolute Gasteiger partial charge is 0.293 e. The van der Waals surface area contributed by atoms with E-state index in [1.165, 1.54) is 0 Å². The molecule has 0 aromatic carbocycles. The number of rotatable bonds is 2. The van der Waals surface area contributed by atoms with Gasteiger partial charge >= 0.3 is 0 Å². The molecule has 0 aliphatic rings. The molecule has 3 heteroatoms. The molecule has 11 heavy (non-hydrogen) atoms. The van der Waals surface area contributed by atoms with E-state index in [1.54, 1.807) is 0 Å². The van der Waals surface area contributed by atoms with Crippen molar-refractivity contribution in [2.45, 2.75) is 24.4 Å².